The zero-order valence-corrected chi connectivity index (χ0v) is 16.4. The Labute approximate surface area is 177 Å². The molecule has 0 spiro atoms. The predicted octanol–water partition coefficient (Wildman–Crippen LogP) is 5.52. The number of aromatic amines is 1. The molecule has 7 heteroatoms. The molecule has 1 aromatic heterocycles. The number of hydrogen-bond donors (Lipinski definition) is 1. The SMILES string of the molecule is Clc1ccccc1-c1nc(-c2ccc3c(c2)OCO3)c(-c2ccc3c(c2)OCO3)[nH]1. The van der Waals surface area contributed by atoms with Crippen molar-refractivity contribution < 1.29 is 18.9 Å². The molecule has 0 bridgehead atoms. The molecule has 2 aliphatic heterocycles. The van der Waals surface area contributed by atoms with E-state index in [9.17, 15) is 0 Å². The topological polar surface area (TPSA) is 65.6 Å². The number of imidazole rings is 1. The standard InChI is InChI=1S/C23H15ClN2O4/c24-16-4-2-1-3-15(16)23-25-21(13-5-7-17-19(9-13)29-11-27-17)22(26-23)14-6-8-18-20(10-14)30-12-28-18/h1-10H,11-12H2,(H,25,26). The van der Waals surface area contributed by atoms with Crippen LogP contribution in [0.5, 0.6) is 23.0 Å². The summed E-state index contributed by atoms with van der Waals surface area (Å²) in [6.07, 6.45) is 0. The quantitative estimate of drug-likeness (QED) is 0.474. The van der Waals surface area contributed by atoms with Gasteiger partial charge in [0.05, 0.1) is 16.4 Å². The van der Waals surface area contributed by atoms with E-state index in [1.165, 1.54) is 0 Å². The molecule has 0 saturated carbocycles. The van der Waals surface area contributed by atoms with Crippen molar-refractivity contribution in [2.75, 3.05) is 13.6 Å². The van der Waals surface area contributed by atoms with Crippen LogP contribution in [0.1, 0.15) is 0 Å². The molecule has 3 aromatic carbocycles. The van der Waals surface area contributed by atoms with Crippen LogP contribution in [-0.4, -0.2) is 23.6 Å². The van der Waals surface area contributed by atoms with Gasteiger partial charge in [0, 0.05) is 16.7 Å². The van der Waals surface area contributed by atoms with Crippen molar-refractivity contribution in [3.63, 3.8) is 0 Å². The van der Waals surface area contributed by atoms with Crippen LogP contribution in [0.15, 0.2) is 60.7 Å². The van der Waals surface area contributed by atoms with Gasteiger partial charge in [0.1, 0.15) is 5.82 Å². The van der Waals surface area contributed by atoms with Crippen molar-refractivity contribution in [2.45, 2.75) is 0 Å². The number of benzene rings is 3. The van der Waals surface area contributed by atoms with Gasteiger partial charge in [0.25, 0.3) is 0 Å². The number of H-pyrrole nitrogens is 1. The maximum absolute atomic E-state index is 6.43. The zero-order valence-electron chi connectivity index (χ0n) is 15.6. The van der Waals surface area contributed by atoms with Crippen LogP contribution in [0.4, 0.5) is 0 Å². The van der Waals surface area contributed by atoms with E-state index < -0.39 is 0 Å². The lowest BCUT2D eigenvalue weighted by molar-refractivity contribution is 0.173. The molecule has 1 N–H and O–H groups in total. The summed E-state index contributed by atoms with van der Waals surface area (Å²) in [7, 11) is 0. The molecule has 0 radical (unpaired) electrons. The smallest absolute Gasteiger partial charge is 0.231 e. The lowest BCUT2D eigenvalue weighted by Crippen LogP contribution is -1.93. The van der Waals surface area contributed by atoms with Crippen molar-refractivity contribution >= 4 is 11.6 Å². The fraction of sp³-hybridized carbons (Fsp3) is 0.0870. The average molecular weight is 419 g/mol. The number of aromatic nitrogens is 2. The van der Waals surface area contributed by atoms with Crippen molar-refractivity contribution in [3.8, 4) is 56.9 Å². The first-order chi connectivity index (χ1) is 14.8. The second-order valence-corrected chi connectivity index (χ2v) is 7.33. The summed E-state index contributed by atoms with van der Waals surface area (Å²) in [6.45, 7) is 0.445. The third-order valence-electron chi connectivity index (χ3n) is 5.14. The van der Waals surface area contributed by atoms with Gasteiger partial charge in [0.2, 0.25) is 13.6 Å². The number of hydrogen-bond acceptors (Lipinski definition) is 5. The lowest BCUT2D eigenvalue weighted by atomic mass is 10.0. The number of nitrogens with zero attached hydrogens (tertiary/aromatic N) is 1. The molecule has 148 valence electrons. The Morgan fingerprint density at radius 3 is 2.10 bits per heavy atom. The van der Waals surface area contributed by atoms with Gasteiger partial charge in [0.15, 0.2) is 23.0 Å². The minimum atomic E-state index is 0.221. The van der Waals surface area contributed by atoms with Crippen molar-refractivity contribution in [3.05, 3.63) is 65.7 Å². The Balaban J connectivity index is 1.54. The van der Waals surface area contributed by atoms with E-state index in [0.717, 1.165) is 39.6 Å². The number of fused-ring (bicyclic) bond motifs is 2. The molecule has 0 aliphatic carbocycles. The van der Waals surface area contributed by atoms with Crippen LogP contribution in [0.25, 0.3) is 33.9 Å². The Kier molecular flexibility index (Phi) is 3.86. The Hall–Kier alpha value is -3.64. The van der Waals surface area contributed by atoms with Crippen LogP contribution >= 0.6 is 11.6 Å². The van der Waals surface area contributed by atoms with Gasteiger partial charge in [-0.25, -0.2) is 4.98 Å². The largest absolute Gasteiger partial charge is 0.454 e. The zero-order chi connectivity index (χ0) is 20.1. The predicted molar refractivity (Wildman–Crippen MR) is 112 cm³/mol. The summed E-state index contributed by atoms with van der Waals surface area (Å²) < 4.78 is 22.0. The molecule has 4 aromatic rings. The summed E-state index contributed by atoms with van der Waals surface area (Å²) in [5.74, 6) is 3.55. The maximum atomic E-state index is 6.43. The van der Waals surface area contributed by atoms with E-state index in [1.807, 2.05) is 60.7 Å². The Bertz CT molecular complexity index is 1210. The maximum Gasteiger partial charge on any atom is 0.231 e. The third kappa shape index (κ3) is 2.76. The minimum Gasteiger partial charge on any atom is -0.454 e. The monoisotopic (exact) mass is 418 g/mol. The number of ether oxygens (including phenoxy) is 4. The molecular weight excluding hydrogens is 404 g/mol. The van der Waals surface area contributed by atoms with Gasteiger partial charge in [-0.3, -0.25) is 0 Å². The van der Waals surface area contributed by atoms with E-state index in [1.54, 1.807) is 0 Å². The van der Waals surface area contributed by atoms with E-state index >= 15 is 0 Å². The molecule has 6 nitrogen and oxygen atoms in total. The highest BCUT2D eigenvalue weighted by Crippen LogP contribution is 2.42. The molecule has 2 aliphatic rings. The molecule has 0 unspecified atom stereocenters. The second kappa shape index (κ2) is 6.71. The number of nitrogens with one attached hydrogen (secondary N) is 1. The highest BCUT2D eigenvalue weighted by Gasteiger charge is 2.22. The van der Waals surface area contributed by atoms with Gasteiger partial charge in [-0.2, -0.15) is 0 Å². The van der Waals surface area contributed by atoms with E-state index in [4.69, 9.17) is 35.5 Å². The van der Waals surface area contributed by atoms with Gasteiger partial charge in [-0.05, 0) is 48.5 Å². The van der Waals surface area contributed by atoms with E-state index in [2.05, 4.69) is 4.98 Å². The van der Waals surface area contributed by atoms with Gasteiger partial charge < -0.3 is 23.9 Å². The van der Waals surface area contributed by atoms with E-state index in [0.29, 0.717) is 22.3 Å². The fourth-order valence-electron chi connectivity index (χ4n) is 3.67. The fourth-order valence-corrected chi connectivity index (χ4v) is 3.89. The summed E-state index contributed by atoms with van der Waals surface area (Å²) in [4.78, 5) is 8.35. The Morgan fingerprint density at radius 2 is 1.37 bits per heavy atom. The lowest BCUT2D eigenvalue weighted by Gasteiger charge is -2.05. The number of rotatable bonds is 3. The molecule has 0 amide bonds. The van der Waals surface area contributed by atoms with Crippen LogP contribution in [0, 0.1) is 0 Å². The van der Waals surface area contributed by atoms with Crippen LogP contribution < -0.4 is 18.9 Å². The van der Waals surface area contributed by atoms with Crippen LogP contribution in [-0.2, 0) is 0 Å². The van der Waals surface area contributed by atoms with Crippen molar-refractivity contribution in [1.82, 2.24) is 9.97 Å². The van der Waals surface area contributed by atoms with Gasteiger partial charge >= 0.3 is 0 Å². The first kappa shape index (κ1) is 17.2. The highest BCUT2D eigenvalue weighted by molar-refractivity contribution is 6.33. The molecule has 30 heavy (non-hydrogen) atoms. The summed E-state index contributed by atoms with van der Waals surface area (Å²) in [6, 6.07) is 19.2. The minimum absolute atomic E-state index is 0.221. The summed E-state index contributed by atoms with van der Waals surface area (Å²) >= 11 is 6.43. The van der Waals surface area contributed by atoms with Crippen LogP contribution in [0.3, 0.4) is 0 Å². The third-order valence-corrected chi connectivity index (χ3v) is 5.47. The molecule has 0 saturated heterocycles. The van der Waals surface area contributed by atoms with Gasteiger partial charge in [-0.15, -0.1) is 0 Å². The molecular formula is C23H15ClN2O4. The Morgan fingerprint density at radius 1 is 0.733 bits per heavy atom. The highest BCUT2D eigenvalue weighted by atomic mass is 35.5. The van der Waals surface area contributed by atoms with Crippen molar-refractivity contribution in [2.24, 2.45) is 0 Å². The normalized spacial score (nSPS) is 13.6. The summed E-state index contributed by atoms with van der Waals surface area (Å²) in [5, 5.41) is 0.626. The average Bonchev–Trinajstić information content (AvgIpc) is 3.51. The molecule has 3 heterocycles. The van der Waals surface area contributed by atoms with Crippen molar-refractivity contribution in [1.29, 1.82) is 0 Å². The van der Waals surface area contributed by atoms with Gasteiger partial charge in [-0.1, -0.05) is 23.7 Å². The molecule has 6 rings (SSSR count). The molecule has 0 fully saturated rings. The first-order valence-electron chi connectivity index (χ1n) is 9.41. The first-order valence-corrected chi connectivity index (χ1v) is 9.79. The van der Waals surface area contributed by atoms with Crippen LogP contribution in [0.2, 0.25) is 5.02 Å². The molecule has 0 atom stereocenters. The summed E-state index contributed by atoms with van der Waals surface area (Å²) in [5.41, 5.74) is 4.29. The van der Waals surface area contributed by atoms with E-state index in [-0.39, 0.29) is 13.6 Å². The second-order valence-electron chi connectivity index (χ2n) is 6.92. The number of halogens is 1.